The zero-order valence-corrected chi connectivity index (χ0v) is 12.2. The van der Waals surface area contributed by atoms with Crippen molar-refractivity contribution in [3.63, 3.8) is 0 Å². The third-order valence-corrected chi connectivity index (χ3v) is 3.27. The van der Waals surface area contributed by atoms with E-state index in [1.165, 1.54) is 18.3 Å². The van der Waals surface area contributed by atoms with Crippen LogP contribution in [-0.2, 0) is 0 Å². The number of carbonyl (C=O) groups is 1. The second kappa shape index (κ2) is 5.64. The molecule has 0 fully saturated rings. The quantitative estimate of drug-likeness (QED) is 0.823. The van der Waals surface area contributed by atoms with Gasteiger partial charge in [0.1, 0.15) is 11.6 Å². The molecule has 1 heterocycles. The first-order valence-corrected chi connectivity index (χ1v) is 6.43. The first kappa shape index (κ1) is 14.5. The summed E-state index contributed by atoms with van der Waals surface area (Å²) in [7, 11) is 0. The molecule has 0 aliphatic carbocycles. The summed E-state index contributed by atoms with van der Waals surface area (Å²) in [6, 6.07) is 3.71. The molecule has 20 heavy (non-hydrogen) atoms. The van der Waals surface area contributed by atoms with Crippen molar-refractivity contribution in [2.24, 2.45) is 5.73 Å². The van der Waals surface area contributed by atoms with E-state index >= 15 is 0 Å². The Balaban J connectivity index is 2.38. The Morgan fingerprint density at radius 3 is 2.75 bits per heavy atom. The van der Waals surface area contributed by atoms with Gasteiger partial charge in [-0.05, 0) is 22.0 Å². The van der Waals surface area contributed by atoms with Crippen molar-refractivity contribution in [1.82, 2.24) is 4.98 Å². The number of anilines is 1. The fourth-order valence-electron chi connectivity index (χ4n) is 1.41. The molecule has 8 heteroatoms. The fourth-order valence-corrected chi connectivity index (χ4v) is 2.13. The van der Waals surface area contributed by atoms with Crippen molar-refractivity contribution in [2.45, 2.75) is 0 Å². The van der Waals surface area contributed by atoms with Crippen LogP contribution in [0.3, 0.4) is 0 Å². The minimum absolute atomic E-state index is 0.0488. The van der Waals surface area contributed by atoms with Crippen LogP contribution in [0.2, 0.25) is 5.02 Å². The molecule has 5 nitrogen and oxygen atoms in total. The molecule has 0 spiro atoms. The molecule has 0 saturated heterocycles. The van der Waals surface area contributed by atoms with Crippen LogP contribution in [0.4, 0.5) is 10.1 Å². The Kier molecular flexibility index (Phi) is 4.10. The molecule has 0 aliphatic heterocycles. The predicted molar refractivity (Wildman–Crippen MR) is 76.4 cm³/mol. The van der Waals surface area contributed by atoms with Crippen LogP contribution in [0, 0.1) is 5.82 Å². The monoisotopic (exact) mass is 359 g/mol. The summed E-state index contributed by atoms with van der Waals surface area (Å²) in [5.74, 6) is -1.15. The molecule has 4 N–H and O–H groups in total. The number of ether oxygens (including phenoxy) is 1. The molecule has 0 aliphatic rings. The van der Waals surface area contributed by atoms with Crippen molar-refractivity contribution >= 4 is 39.1 Å². The van der Waals surface area contributed by atoms with Crippen LogP contribution in [0.5, 0.6) is 11.6 Å². The van der Waals surface area contributed by atoms with Gasteiger partial charge in [-0.1, -0.05) is 11.6 Å². The smallest absolute Gasteiger partial charge is 0.251 e. The van der Waals surface area contributed by atoms with E-state index in [-0.39, 0.29) is 27.9 Å². The zero-order valence-electron chi connectivity index (χ0n) is 9.86. The number of benzene rings is 1. The molecule has 1 aromatic heterocycles. The van der Waals surface area contributed by atoms with E-state index in [4.69, 9.17) is 27.8 Å². The normalized spacial score (nSPS) is 10.3. The number of halogens is 3. The number of primary amides is 1. The summed E-state index contributed by atoms with van der Waals surface area (Å²) in [4.78, 5) is 15.0. The molecule has 0 saturated carbocycles. The first-order valence-electron chi connectivity index (χ1n) is 5.26. The minimum Gasteiger partial charge on any atom is -0.438 e. The van der Waals surface area contributed by atoms with E-state index in [1.54, 1.807) is 0 Å². The highest BCUT2D eigenvalue weighted by molar-refractivity contribution is 9.10. The minimum atomic E-state index is -0.712. The van der Waals surface area contributed by atoms with Gasteiger partial charge in [0.2, 0.25) is 5.88 Å². The van der Waals surface area contributed by atoms with Gasteiger partial charge in [0.15, 0.2) is 0 Å². The highest BCUT2D eigenvalue weighted by Gasteiger charge is 2.12. The zero-order chi connectivity index (χ0) is 14.9. The van der Waals surface area contributed by atoms with Gasteiger partial charge in [0, 0.05) is 12.1 Å². The Hall–Kier alpha value is -1.86. The predicted octanol–water partition coefficient (Wildman–Crippen LogP) is 3.11. The average Bonchev–Trinajstić information content (AvgIpc) is 2.37. The molecule has 1 amide bonds. The number of amides is 1. The van der Waals surface area contributed by atoms with Crippen molar-refractivity contribution < 1.29 is 13.9 Å². The molecule has 0 atom stereocenters. The number of rotatable bonds is 3. The van der Waals surface area contributed by atoms with Crippen molar-refractivity contribution in [1.29, 1.82) is 0 Å². The maximum absolute atomic E-state index is 13.4. The van der Waals surface area contributed by atoms with Crippen molar-refractivity contribution in [3.05, 3.63) is 45.3 Å². The van der Waals surface area contributed by atoms with Crippen LogP contribution < -0.4 is 16.2 Å². The standard InChI is InChI=1S/C12H8BrClFN3O2/c13-6-2-7(14)8(15)3-10(6)20-11-1-5(12(17)19)9(16)4-18-11/h1-4H,16H2,(H2,17,19). The molecule has 0 bridgehead atoms. The number of nitrogens with zero attached hydrogens (tertiary/aromatic N) is 1. The van der Waals surface area contributed by atoms with E-state index in [1.807, 2.05) is 0 Å². The van der Waals surface area contributed by atoms with Gasteiger partial charge in [0.05, 0.1) is 26.9 Å². The van der Waals surface area contributed by atoms with Crippen LogP contribution in [0.1, 0.15) is 10.4 Å². The highest BCUT2D eigenvalue weighted by Crippen LogP contribution is 2.33. The average molecular weight is 361 g/mol. The van der Waals surface area contributed by atoms with Gasteiger partial charge < -0.3 is 16.2 Å². The summed E-state index contributed by atoms with van der Waals surface area (Å²) in [6.07, 6.45) is 1.23. The van der Waals surface area contributed by atoms with Gasteiger partial charge in [-0.3, -0.25) is 4.79 Å². The largest absolute Gasteiger partial charge is 0.438 e. The summed E-state index contributed by atoms with van der Waals surface area (Å²) < 4.78 is 19.2. The van der Waals surface area contributed by atoms with E-state index in [0.29, 0.717) is 4.47 Å². The van der Waals surface area contributed by atoms with Crippen molar-refractivity contribution in [2.75, 3.05) is 5.73 Å². The topological polar surface area (TPSA) is 91.2 Å². The van der Waals surface area contributed by atoms with E-state index in [2.05, 4.69) is 20.9 Å². The Labute approximate surface area is 126 Å². The van der Waals surface area contributed by atoms with Gasteiger partial charge in [-0.2, -0.15) is 0 Å². The third-order valence-electron chi connectivity index (χ3n) is 2.36. The van der Waals surface area contributed by atoms with E-state index < -0.39 is 11.7 Å². The van der Waals surface area contributed by atoms with Gasteiger partial charge >= 0.3 is 0 Å². The fraction of sp³-hybridized carbons (Fsp3) is 0. The number of pyridine rings is 1. The molecular formula is C12H8BrClFN3O2. The number of hydrogen-bond donors (Lipinski definition) is 2. The summed E-state index contributed by atoms with van der Waals surface area (Å²) in [5, 5.41) is -0.0488. The Bertz CT molecular complexity index is 697. The maximum Gasteiger partial charge on any atom is 0.251 e. The SMILES string of the molecule is NC(=O)c1cc(Oc2cc(F)c(Cl)cc2Br)ncc1N. The molecule has 2 rings (SSSR count). The molecule has 0 radical (unpaired) electrons. The van der Waals surface area contributed by atoms with E-state index in [9.17, 15) is 9.18 Å². The third kappa shape index (κ3) is 3.00. The van der Waals surface area contributed by atoms with Crippen molar-refractivity contribution in [3.8, 4) is 11.6 Å². The maximum atomic E-state index is 13.4. The van der Waals surface area contributed by atoms with Gasteiger partial charge in [0.25, 0.3) is 5.91 Å². The second-order valence-electron chi connectivity index (χ2n) is 3.77. The van der Waals surface area contributed by atoms with Gasteiger partial charge in [-0.15, -0.1) is 0 Å². The summed E-state index contributed by atoms with van der Waals surface area (Å²) in [6.45, 7) is 0. The van der Waals surface area contributed by atoms with Crippen LogP contribution >= 0.6 is 27.5 Å². The summed E-state index contributed by atoms with van der Waals surface area (Å²) in [5.41, 5.74) is 10.9. The number of carbonyl (C=O) groups excluding carboxylic acids is 1. The van der Waals surface area contributed by atoms with Crippen LogP contribution in [-0.4, -0.2) is 10.9 Å². The lowest BCUT2D eigenvalue weighted by Crippen LogP contribution is -2.13. The lowest BCUT2D eigenvalue weighted by molar-refractivity contribution is 0.100. The molecule has 0 unspecified atom stereocenters. The molecule has 104 valence electrons. The first-order chi connectivity index (χ1) is 9.38. The second-order valence-corrected chi connectivity index (χ2v) is 5.03. The Morgan fingerprint density at radius 1 is 1.40 bits per heavy atom. The Morgan fingerprint density at radius 2 is 2.10 bits per heavy atom. The van der Waals surface area contributed by atoms with Crippen LogP contribution in [0.25, 0.3) is 0 Å². The molecular weight excluding hydrogens is 353 g/mol. The lowest BCUT2D eigenvalue weighted by atomic mass is 10.2. The molecule has 1 aromatic carbocycles. The number of aromatic nitrogens is 1. The van der Waals surface area contributed by atoms with E-state index in [0.717, 1.165) is 6.07 Å². The highest BCUT2D eigenvalue weighted by atomic mass is 79.9. The van der Waals surface area contributed by atoms with Gasteiger partial charge in [-0.25, -0.2) is 9.37 Å². The number of nitrogens with two attached hydrogens (primary N) is 2. The number of nitrogen functional groups attached to an aromatic ring is 1. The number of hydrogen-bond acceptors (Lipinski definition) is 4. The van der Waals surface area contributed by atoms with Crippen LogP contribution in [0.15, 0.2) is 28.9 Å². The molecule has 2 aromatic rings. The summed E-state index contributed by atoms with van der Waals surface area (Å²) >= 11 is 8.80. The lowest BCUT2D eigenvalue weighted by Gasteiger charge is -2.09.